The summed E-state index contributed by atoms with van der Waals surface area (Å²) < 4.78 is 7.64. The van der Waals surface area contributed by atoms with Crippen LogP contribution in [-0.4, -0.2) is 16.2 Å². The van der Waals surface area contributed by atoms with Gasteiger partial charge in [0.25, 0.3) is 0 Å². The molecule has 2 rings (SSSR count). The molecule has 0 bridgehead atoms. The standard InChI is InChI=1S/C13H18N2O/c1-3-8-16-10-15-9-11(4-2)12-6-5-7-14-13(12)15/h5-7,9H,3-4,8,10H2,1-2H3. The highest BCUT2D eigenvalue weighted by atomic mass is 16.5. The van der Waals surface area contributed by atoms with Crippen LogP contribution in [0.1, 0.15) is 25.8 Å². The van der Waals surface area contributed by atoms with Crippen molar-refractivity contribution in [2.75, 3.05) is 6.61 Å². The zero-order chi connectivity index (χ0) is 11.4. The van der Waals surface area contributed by atoms with Gasteiger partial charge in [0.05, 0.1) is 0 Å². The van der Waals surface area contributed by atoms with Crippen LogP contribution >= 0.6 is 0 Å². The Morgan fingerprint density at radius 1 is 1.38 bits per heavy atom. The molecule has 16 heavy (non-hydrogen) atoms. The third kappa shape index (κ3) is 2.09. The lowest BCUT2D eigenvalue weighted by Gasteiger charge is -2.04. The van der Waals surface area contributed by atoms with Crippen LogP contribution in [0.25, 0.3) is 11.0 Å². The number of nitrogens with zero attached hydrogens (tertiary/aromatic N) is 2. The number of aryl methyl sites for hydroxylation is 1. The molecule has 86 valence electrons. The maximum absolute atomic E-state index is 5.56. The van der Waals surface area contributed by atoms with Crippen LogP contribution in [0, 0.1) is 0 Å². The molecule has 0 aromatic carbocycles. The maximum atomic E-state index is 5.56. The van der Waals surface area contributed by atoms with Crippen molar-refractivity contribution in [3.63, 3.8) is 0 Å². The first kappa shape index (κ1) is 11.1. The average Bonchev–Trinajstić information content (AvgIpc) is 2.68. The minimum absolute atomic E-state index is 0.599. The lowest BCUT2D eigenvalue weighted by molar-refractivity contribution is 0.0800. The van der Waals surface area contributed by atoms with Crippen LogP contribution in [0.15, 0.2) is 24.5 Å². The van der Waals surface area contributed by atoms with E-state index >= 15 is 0 Å². The van der Waals surface area contributed by atoms with E-state index in [-0.39, 0.29) is 0 Å². The van der Waals surface area contributed by atoms with Crippen molar-refractivity contribution in [2.45, 2.75) is 33.4 Å². The van der Waals surface area contributed by atoms with E-state index in [0.717, 1.165) is 25.1 Å². The molecule has 3 heteroatoms. The molecule has 2 aromatic rings. The Balaban J connectivity index is 2.30. The molecule has 0 amide bonds. The van der Waals surface area contributed by atoms with Crippen molar-refractivity contribution in [1.29, 1.82) is 0 Å². The number of hydrogen-bond acceptors (Lipinski definition) is 2. The van der Waals surface area contributed by atoms with Gasteiger partial charge in [-0.25, -0.2) is 4.98 Å². The Morgan fingerprint density at radius 3 is 3.00 bits per heavy atom. The second-order valence-electron chi connectivity index (χ2n) is 3.89. The van der Waals surface area contributed by atoms with E-state index in [1.807, 2.05) is 12.3 Å². The average molecular weight is 218 g/mol. The summed E-state index contributed by atoms with van der Waals surface area (Å²) in [6.07, 6.45) is 6.06. The Labute approximate surface area is 96.1 Å². The van der Waals surface area contributed by atoms with Gasteiger partial charge in [-0.2, -0.15) is 0 Å². The molecule has 0 aliphatic rings. The predicted octanol–water partition coefficient (Wildman–Crippen LogP) is 2.98. The zero-order valence-electron chi connectivity index (χ0n) is 9.94. The molecule has 0 spiro atoms. The summed E-state index contributed by atoms with van der Waals surface area (Å²) in [5.41, 5.74) is 2.36. The molecule has 2 aromatic heterocycles. The summed E-state index contributed by atoms with van der Waals surface area (Å²) in [5, 5.41) is 1.24. The number of hydrogen-bond donors (Lipinski definition) is 0. The molecular formula is C13H18N2O. The molecule has 0 unspecified atom stereocenters. The van der Waals surface area contributed by atoms with Crippen molar-refractivity contribution in [3.8, 4) is 0 Å². The summed E-state index contributed by atoms with van der Waals surface area (Å²) in [5.74, 6) is 0. The summed E-state index contributed by atoms with van der Waals surface area (Å²) in [7, 11) is 0. The van der Waals surface area contributed by atoms with Crippen molar-refractivity contribution in [2.24, 2.45) is 0 Å². The van der Waals surface area contributed by atoms with Gasteiger partial charge in [0.2, 0.25) is 0 Å². The fourth-order valence-electron chi connectivity index (χ4n) is 1.88. The molecule has 0 fully saturated rings. The van der Waals surface area contributed by atoms with E-state index in [2.05, 4.69) is 35.7 Å². The third-order valence-electron chi connectivity index (χ3n) is 2.68. The Bertz CT molecular complexity index is 462. The number of aromatic nitrogens is 2. The van der Waals surface area contributed by atoms with Crippen LogP contribution in [0.4, 0.5) is 0 Å². The highest BCUT2D eigenvalue weighted by Crippen LogP contribution is 2.19. The van der Waals surface area contributed by atoms with E-state index in [1.165, 1.54) is 10.9 Å². The number of pyridine rings is 1. The number of rotatable bonds is 5. The summed E-state index contributed by atoms with van der Waals surface area (Å²) in [6.45, 7) is 5.68. The van der Waals surface area contributed by atoms with Crippen molar-refractivity contribution < 1.29 is 4.74 Å². The molecular weight excluding hydrogens is 200 g/mol. The van der Waals surface area contributed by atoms with Gasteiger partial charge in [-0.05, 0) is 30.5 Å². The lowest BCUT2D eigenvalue weighted by atomic mass is 10.2. The zero-order valence-corrected chi connectivity index (χ0v) is 9.94. The van der Waals surface area contributed by atoms with Gasteiger partial charge >= 0.3 is 0 Å². The Morgan fingerprint density at radius 2 is 2.25 bits per heavy atom. The van der Waals surface area contributed by atoms with Gasteiger partial charge in [-0.15, -0.1) is 0 Å². The summed E-state index contributed by atoms with van der Waals surface area (Å²) in [4.78, 5) is 4.41. The van der Waals surface area contributed by atoms with E-state index < -0.39 is 0 Å². The Kier molecular flexibility index (Phi) is 3.57. The SMILES string of the molecule is CCCOCn1cc(CC)c2cccnc21. The smallest absolute Gasteiger partial charge is 0.142 e. The van der Waals surface area contributed by atoms with E-state index in [4.69, 9.17) is 4.74 Å². The van der Waals surface area contributed by atoms with Crippen LogP contribution in [0.2, 0.25) is 0 Å². The molecule has 0 saturated heterocycles. The van der Waals surface area contributed by atoms with Gasteiger partial charge < -0.3 is 9.30 Å². The minimum atomic E-state index is 0.599. The first-order chi connectivity index (χ1) is 7.86. The van der Waals surface area contributed by atoms with Gasteiger partial charge in [0, 0.05) is 24.4 Å². The highest BCUT2D eigenvalue weighted by molar-refractivity contribution is 5.80. The van der Waals surface area contributed by atoms with Gasteiger partial charge in [-0.3, -0.25) is 0 Å². The monoisotopic (exact) mass is 218 g/mol. The van der Waals surface area contributed by atoms with Gasteiger partial charge in [0.15, 0.2) is 0 Å². The largest absolute Gasteiger partial charge is 0.361 e. The quantitative estimate of drug-likeness (QED) is 0.721. The normalized spacial score (nSPS) is 11.1. The molecule has 0 N–H and O–H groups in total. The molecule has 0 radical (unpaired) electrons. The fraction of sp³-hybridized carbons (Fsp3) is 0.462. The highest BCUT2D eigenvalue weighted by Gasteiger charge is 2.06. The molecule has 0 aliphatic carbocycles. The van der Waals surface area contributed by atoms with Gasteiger partial charge in [0.1, 0.15) is 12.4 Å². The van der Waals surface area contributed by atoms with Gasteiger partial charge in [-0.1, -0.05) is 13.8 Å². The minimum Gasteiger partial charge on any atom is -0.361 e. The molecule has 0 aliphatic heterocycles. The van der Waals surface area contributed by atoms with Crippen molar-refractivity contribution in [3.05, 3.63) is 30.1 Å². The number of fused-ring (bicyclic) bond motifs is 1. The van der Waals surface area contributed by atoms with Crippen molar-refractivity contribution in [1.82, 2.24) is 9.55 Å². The molecule has 3 nitrogen and oxygen atoms in total. The van der Waals surface area contributed by atoms with Crippen LogP contribution < -0.4 is 0 Å². The summed E-state index contributed by atoms with van der Waals surface area (Å²) in [6, 6.07) is 4.11. The van der Waals surface area contributed by atoms with Crippen LogP contribution in [0.5, 0.6) is 0 Å². The van der Waals surface area contributed by atoms with E-state index in [0.29, 0.717) is 6.73 Å². The second kappa shape index (κ2) is 5.12. The molecule has 2 heterocycles. The fourth-order valence-corrected chi connectivity index (χ4v) is 1.88. The first-order valence-electron chi connectivity index (χ1n) is 5.87. The van der Waals surface area contributed by atoms with Crippen LogP contribution in [-0.2, 0) is 17.9 Å². The first-order valence-corrected chi connectivity index (χ1v) is 5.87. The molecule has 0 atom stereocenters. The molecule has 0 saturated carbocycles. The Hall–Kier alpha value is -1.35. The predicted molar refractivity (Wildman–Crippen MR) is 65.4 cm³/mol. The number of ether oxygens (including phenoxy) is 1. The maximum Gasteiger partial charge on any atom is 0.142 e. The van der Waals surface area contributed by atoms with E-state index in [9.17, 15) is 0 Å². The summed E-state index contributed by atoms with van der Waals surface area (Å²) >= 11 is 0. The van der Waals surface area contributed by atoms with Crippen LogP contribution in [0.3, 0.4) is 0 Å². The third-order valence-corrected chi connectivity index (χ3v) is 2.68. The lowest BCUT2D eigenvalue weighted by Crippen LogP contribution is -2.02. The van der Waals surface area contributed by atoms with Crippen molar-refractivity contribution >= 4 is 11.0 Å². The topological polar surface area (TPSA) is 27.1 Å². The van der Waals surface area contributed by atoms with E-state index in [1.54, 1.807) is 0 Å². The second-order valence-corrected chi connectivity index (χ2v) is 3.89.